The number of nitrogens with one attached hydrogen (secondary N) is 2. The highest BCUT2D eigenvalue weighted by Crippen LogP contribution is 2.13. The summed E-state index contributed by atoms with van der Waals surface area (Å²) in [6, 6.07) is 16.7. The first-order valence-corrected chi connectivity index (χ1v) is 10.2. The molecule has 0 aliphatic carbocycles. The Morgan fingerprint density at radius 3 is 2.37 bits per heavy atom. The summed E-state index contributed by atoms with van der Waals surface area (Å²) in [5.41, 5.74) is 3.66. The molecule has 1 aliphatic heterocycles. The molecule has 3 rings (SSSR count). The van der Waals surface area contributed by atoms with Crippen molar-refractivity contribution in [2.45, 2.75) is 20.0 Å². The highest BCUT2D eigenvalue weighted by atomic mass is 127. The molecule has 0 spiro atoms. The minimum absolute atomic E-state index is 0. The van der Waals surface area contributed by atoms with E-state index < -0.39 is 0 Å². The summed E-state index contributed by atoms with van der Waals surface area (Å²) in [5.74, 6) is 1.69. The van der Waals surface area contributed by atoms with Crippen molar-refractivity contribution < 1.29 is 9.47 Å². The van der Waals surface area contributed by atoms with E-state index in [4.69, 9.17) is 9.47 Å². The third kappa shape index (κ3) is 8.49. The summed E-state index contributed by atoms with van der Waals surface area (Å²) in [6.45, 7) is 8.77. The van der Waals surface area contributed by atoms with Crippen molar-refractivity contribution in [2.75, 3.05) is 46.5 Å². The monoisotopic (exact) mass is 524 g/mol. The third-order valence-electron chi connectivity index (χ3n) is 4.90. The fraction of sp³-hybridized carbons (Fsp3) is 0.435. The van der Waals surface area contributed by atoms with Gasteiger partial charge in [0, 0.05) is 39.8 Å². The van der Waals surface area contributed by atoms with Gasteiger partial charge in [-0.1, -0.05) is 42.0 Å². The summed E-state index contributed by atoms with van der Waals surface area (Å²) in [4.78, 5) is 6.69. The molecule has 0 unspecified atom stereocenters. The lowest BCUT2D eigenvalue weighted by Crippen LogP contribution is -2.38. The van der Waals surface area contributed by atoms with Crippen LogP contribution in [0.4, 0.5) is 0 Å². The number of morpholine rings is 1. The standard InChI is InChI=1S/C23H32N4O2.HI/c1-19-5-3-6-20(15-19)17-25-23(24-2)26-18-21-7-4-8-22(16-21)29-14-11-27-9-12-28-13-10-27;/h3-8,15-16H,9-14,17-18H2,1-2H3,(H2,24,25,26);1H. The summed E-state index contributed by atoms with van der Waals surface area (Å²) < 4.78 is 11.3. The normalized spacial score (nSPS) is 14.7. The van der Waals surface area contributed by atoms with Gasteiger partial charge in [0.2, 0.25) is 0 Å². The van der Waals surface area contributed by atoms with Gasteiger partial charge in [0.15, 0.2) is 5.96 Å². The van der Waals surface area contributed by atoms with Crippen LogP contribution in [0.3, 0.4) is 0 Å². The zero-order chi connectivity index (χ0) is 20.3. The van der Waals surface area contributed by atoms with E-state index >= 15 is 0 Å². The van der Waals surface area contributed by atoms with Crippen LogP contribution in [0, 0.1) is 6.92 Å². The molecule has 0 bridgehead atoms. The number of aliphatic imine (C=N–C) groups is 1. The molecule has 0 radical (unpaired) electrons. The maximum Gasteiger partial charge on any atom is 0.191 e. The first kappa shape index (κ1) is 24.4. The number of hydrogen-bond donors (Lipinski definition) is 2. The first-order chi connectivity index (χ1) is 14.2. The Labute approximate surface area is 197 Å². The maximum absolute atomic E-state index is 5.94. The number of hydrogen-bond acceptors (Lipinski definition) is 4. The number of aryl methyl sites for hydroxylation is 1. The maximum atomic E-state index is 5.94. The van der Waals surface area contributed by atoms with E-state index in [1.165, 1.54) is 11.1 Å². The predicted octanol–water partition coefficient (Wildman–Crippen LogP) is 3.19. The fourth-order valence-corrected chi connectivity index (χ4v) is 3.28. The molecule has 2 aromatic carbocycles. The molecule has 1 aliphatic rings. The Hall–Kier alpha value is -1.84. The average molecular weight is 524 g/mol. The van der Waals surface area contributed by atoms with Gasteiger partial charge in [-0.15, -0.1) is 24.0 Å². The number of rotatable bonds is 8. The number of guanidine groups is 1. The Morgan fingerprint density at radius 1 is 1.03 bits per heavy atom. The second kappa shape index (κ2) is 13.5. The fourth-order valence-electron chi connectivity index (χ4n) is 3.28. The van der Waals surface area contributed by atoms with Gasteiger partial charge in [0.1, 0.15) is 12.4 Å². The molecule has 1 saturated heterocycles. The van der Waals surface area contributed by atoms with E-state index in [-0.39, 0.29) is 24.0 Å². The molecular formula is C23H33IN4O2. The van der Waals surface area contributed by atoms with Crippen molar-refractivity contribution in [3.8, 4) is 5.75 Å². The second-order valence-electron chi connectivity index (χ2n) is 7.22. The SMILES string of the molecule is CN=C(NCc1cccc(C)c1)NCc1cccc(OCCN2CCOCC2)c1.I. The van der Waals surface area contributed by atoms with E-state index in [1.54, 1.807) is 7.05 Å². The van der Waals surface area contributed by atoms with E-state index in [2.05, 4.69) is 63.8 Å². The highest BCUT2D eigenvalue weighted by molar-refractivity contribution is 14.0. The number of nitrogens with zero attached hydrogens (tertiary/aromatic N) is 2. The van der Waals surface area contributed by atoms with Gasteiger partial charge in [-0.25, -0.2) is 0 Å². The number of ether oxygens (including phenoxy) is 2. The van der Waals surface area contributed by atoms with Gasteiger partial charge in [0.25, 0.3) is 0 Å². The molecule has 1 fully saturated rings. The quantitative estimate of drug-likeness (QED) is 0.316. The van der Waals surface area contributed by atoms with Gasteiger partial charge in [-0.05, 0) is 30.2 Å². The van der Waals surface area contributed by atoms with Gasteiger partial charge >= 0.3 is 0 Å². The van der Waals surface area contributed by atoms with E-state index in [9.17, 15) is 0 Å². The molecule has 0 amide bonds. The molecule has 164 valence electrons. The molecule has 6 nitrogen and oxygen atoms in total. The summed E-state index contributed by atoms with van der Waals surface area (Å²) in [7, 11) is 1.79. The van der Waals surface area contributed by atoms with Crippen LogP contribution >= 0.6 is 24.0 Å². The summed E-state index contributed by atoms with van der Waals surface area (Å²) in [6.07, 6.45) is 0. The Balaban J connectivity index is 0.00000320. The minimum Gasteiger partial charge on any atom is -0.492 e. The zero-order valence-corrected chi connectivity index (χ0v) is 20.2. The second-order valence-corrected chi connectivity index (χ2v) is 7.22. The molecule has 0 atom stereocenters. The Bertz CT molecular complexity index is 794. The topological polar surface area (TPSA) is 58.1 Å². The molecule has 1 heterocycles. The van der Waals surface area contributed by atoms with Crippen LogP contribution in [0.1, 0.15) is 16.7 Å². The summed E-state index contributed by atoms with van der Waals surface area (Å²) >= 11 is 0. The van der Waals surface area contributed by atoms with Crippen molar-refractivity contribution in [2.24, 2.45) is 4.99 Å². The third-order valence-corrected chi connectivity index (χ3v) is 4.90. The van der Waals surface area contributed by atoms with Crippen LogP contribution in [0.25, 0.3) is 0 Å². The lowest BCUT2D eigenvalue weighted by atomic mass is 10.1. The average Bonchev–Trinajstić information content (AvgIpc) is 2.75. The molecule has 7 heteroatoms. The Morgan fingerprint density at radius 2 is 1.70 bits per heavy atom. The van der Waals surface area contributed by atoms with Crippen molar-refractivity contribution in [1.82, 2.24) is 15.5 Å². The van der Waals surface area contributed by atoms with Crippen molar-refractivity contribution >= 4 is 29.9 Å². The minimum atomic E-state index is 0. The van der Waals surface area contributed by atoms with Crippen LogP contribution in [-0.2, 0) is 17.8 Å². The molecule has 30 heavy (non-hydrogen) atoms. The smallest absolute Gasteiger partial charge is 0.191 e. The largest absolute Gasteiger partial charge is 0.492 e. The number of benzene rings is 2. The lowest BCUT2D eigenvalue weighted by Gasteiger charge is -2.26. The van der Waals surface area contributed by atoms with Crippen molar-refractivity contribution in [3.63, 3.8) is 0 Å². The van der Waals surface area contributed by atoms with Gasteiger partial charge in [0.05, 0.1) is 13.2 Å². The Kier molecular flexibility index (Phi) is 11.0. The van der Waals surface area contributed by atoms with E-state index in [0.29, 0.717) is 13.2 Å². The van der Waals surface area contributed by atoms with Crippen molar-refractivity contribution in [3.05, 3.63) is 65.2 Å². The highest BCUT2D eigenvalue weighted by Gasteiger charge is 2.09. The van der Waals surface area contributed by atoms with E-state index in [0.717, 1.165) is 56.7 Å². The van der Waals surface area contributed by atoms with Gasteiger partial charge < -0.3 is 20.1 Å². The van der Waals surface area contributed by atoms with Crippen LogP contribution in [0.15, 0.2) is 53.5 Å². The molecule has 2 N–H and O–H groups in total. The van der Waals surface area contributed by atoms with Crippen LogP contribution in [0.5, 0.6) is 5.75 Å². The summed E-state index contributed by atoms with van der Waals surface area (Å²) in [5, 5.41) is 6.73. The lowest BCUT2D eigenvalue weighted by molar-refractivity contribution is 0.0322. The van der Waals surface area contributed by atoms with Gasteiger partial charge in [-0.3, -0.25) is 9.89 Å². The van der Waals surface area contributed by atoms with Gasteiger partial charge in [-0.2, -0.15) is 0 Å². The van der Waals surface area contributed by atoms with E-state index in [1.807, 2.05) is 12.1 Å². The number of halogens is 1. The molecular weight excluding hydrogens is 491 g/mol. The molecule has 2 aromatic rings. The predicted molar refractivity (Wildman–Crippen MR) is 133 cm³/mol. The zero-order valence-electron chi connectivity index (χ0n) is 17.9. The van der Waals surface area contributed by atoms with Crippen LogP contribution < -0.4 is 15.4 Å². The van der Waals surface area contributed by atoms with Crippen LogP contribution in [-0.4, -0.2) is 57.4 Å². The van der Waals surface area contributed by atoms with Crippen LogP contribution in [0.2, 0.25) is 0 Å². The molecule has 0 aromatic heterocycles. The first-order valence-electron chi connectivity index (χ1n) is 10.2. The molecule has 0 saturated carbocycles. The van der Waals surface area contributed by atoms with Crippen molar-refractivity contribution in [1.29, 1.82) is 0 Å².